The quantitative estimate of drug-likeness (QED) is 0.128. The first-order valence-electron chi connectivity index (χ1n) is 16.1. The van der Waals surface area contributed by atoms with Crippen molar-refractivity contribution in [2.45, 2.75) is 64.5 Å². The molecular weight excluding hydrogens is 655 g/mol. The fourth-order valence-electron chi connectivity index (χ4n) is 6.58. The number of aliphatic hydroxyl groups excluding tert-OH is 2. The summed E-state index contributed by atoms with van der Waals surface area (Å²) in [5.41, 5.74) is 4.21. The summed E-state index contributed by atoms with van der Waals surface area (Å²) in [6.45, 7) is 8.39. The summed E-state index contributed by atoms with van der Waals surface area (Å²) in [7, 11) is -4.64. The third-order valence-corrected chi connectivity index (χ3v) is 9.08. The van der Waals surface area contributed by atoms with E-state index in [1.165, 1.54) is 0 Å². The molecule has 0 unspecified atom stereocenters. The summed E-state index contributed by atoms with van der Waals surface area (Å²) in [6, 6.07) is 16.4. The largest absolute Gasteiger partial charge is 0.466 e. The number of hydrogen-bond donors (Lipinski definition) is 7. The SMILES string of the molecule is Cc1cccc2c(=O)[nH]c(CCN3CCC[C@@H]3CO)cc12.Cc1cccc2c(=O)[nH]c(CCN3CCC[C@@H]3CO)cc12.O.O.O=P(O)(O)O. The number of H-pyrrole nitrogens is 2. The van der Waals surface area contributed by atoms with Gasteiger partial charge in [0.1, 0.15) is 0 Å². The lowest BCUT2D eigenvalue weighted by atomic mass is 10.1. The van der Waals surface area contributed by atoms with Crippen LogP contribution in [0.15, 0.2) is 58.1 Å². The number of benzene rings is 2. The fraction of sp³-hybridized carbons (Fsp3) is 0.471. The number of aliphatic hydroxyl groups is 2. The standard InChI is InChI=1S/2C17H22N2O2.H3O4P.2H2O/c2*1-12-4-2-6-15-16(12)10-13(18-17(15)21)7-9-19-8-3-5-14(19)11-20;1-5(2,3)4;;/h2*2,4,6,10,14,20H,3,5,7-9,11H2,1H3,(H,18,21);(H3,1,2,3,4);2*1H2/t2*14-;;;/m11.../s1. The second-order valence-electron chi connectivity index (χ2n) is 12.4. The Morgan fingerprint density at radius 1 is 0.694 bits per heavy atom. The molecule has 272 valence electrons. The molecule has 4 heterocycles. The zero-order valence-electron chi connectivity index (χ0n) is 28.1. The number of aromatic nitrogens is 2. The second kappa shape index (κ2) is 19.2. The number of nitrogens with zero attached hydrogens (tertiary/aromatic N) is 2. The van der Waals surface area contributed by atoms with Gasteiger partial charge in [-0.15, -0.1) is 0 Å². The zero-order chi connectivity index (χ0) is 34.1. The molecule has 15 heteroatoms. The highest BCUT2D eigenvalue weighted by atomic mass is 31.2. The van der Waals surface area contributed by atoms with Crippen molar-refractivity contribution in [3.05, 3.63) is 91.8 Å². The zero-order valence-corrected chi connectivity index (χ0v) is 29.0. The van der Waals surface area contributed by atoms with Crippen molar-refractivity contribution < 1.29 is 40.4 Å². The maximum absolute atomic E-state index is 12.2. The molecular formula is C34H51N4O10P. The molecule has 0 saturated carbocycles. The molecule has 2 atom stereocenters. The molecule has 0 bridgehead atoms. The lowest BCUT2D eigenvalue weighted by Crippen LogP contribution is -2.34. The number of rotatable bonds is 8. The van der Waals surface area contributed by atoms with E-state index in [4.69, 9.17) is 19.2 Å². The Hall–Kier alpha value is -3.27. The van der Waals surface area contributed by atoms with Gasteiger partial charge in [0.15, 0.2) is 0 Å². The minimum Gasteiger partial charge on any atom is -0.412 e. The Balaban J connectivity index is 0.000000289. The first-order valence-corrected chi connectivity index (χ1v) is 17.7. The monoisotopic (exact) mass is 706 g/mol. The van der Waals surface area contributed by atoms with Crippen LogP contribution in [0.4, 0.5) is 0 Å². The summed E-state index contributed by atoms with van der Waals surface area (Å²) in [4.78, 5) is 56.5. The second-order valence-corrected chi connectivity index (χ2v) is 13.4. The molecule has 0 radical (unpaired) electrons. The van der Waals surface area contributed by atoms with Gasteiger partial charge in [-0.1, -0.05) is 24.3 Å². The molecule has 0 aliphatic carbocycles. The number of phosphoric acid groups is 1. The van der Waals surface area contributed by atoms with Gasteiger partial charge < -0.3 is 45.8 Å². The molecule has 2 aromatic heterocycles. The summed E-state index contributed by atoms with van der Waals surface area (Å²) >= 11 is 0. The molecule has 2 fully saturated rings. The van der Waals surface area contributed by atoms with Crippen LogP contribution in [0.25, 0.3) is 21.5 Å². The van der Waals surface area contributed by atoms with Crippen LogP contribution in [-0.2, 0) is 17.4 Å². The highest BCUT2D eigenvalue weighted by molar-refractivity contribution is 7.45. The predicted molar refractivity (Wildman–Crippen MR) is 191 cm³/mol. The first kappa shape index (κ1) is 41.9. The van der Waals surface area contributed by atoms with E-state index >= 15 is 0 Å². The number of nitrogens with one attached hydrogen (secondary N) is 2. The molecule has 2 aliphatic rings. The van der Waals surface area contributed by atoms with E-state index in [0.29, 0.717) is 12.1 Å². The van der Waals surface area contributed by atoms with Crippen molar-refractivity contribution in [3.8, 4) is 0 Å². The van der Waals surface area contributed by atoms with E-state index in [0.717, 1.165) is 109 Å². The van der Waals surface area contributed by atoms with E-state index in [1.807, 2.05) is 50.2 Å². The number of hydrogen-bond acceptors (Lipinski definition) is 7. The normalized spacial score (nSPS) is 17.9. The number of aromatic amines is 2. The van der Waals surface area contributed by atoms with Gasteiger partial charge >= 0.3 is 7.82 Å². The Kier molecular flexibility index (Phi) is 16.4. The van der Waals surface area contributed by atoms with E-state index in [2.05, 4.69) is 31.9 Å². The topological polar surface area (TPSA) is 253 Å². The van der Waals surface area contributed by atoms with Crippen LogP contribution in [0.1, 0.15) is 48.2 Å². The number of likely N-dealkylation sites (tertiary alicyclic amines) is 2. The van der Waals surface area contributed by atoms with Crippen LogP contribution in [0.5, 0.6) is 0 Å². The van der Waals surface area contributed by atoms with Crippen LogP contribution < -0.4 is 11.1 Å². The third kappa shape index (κ3) is 11.9. The van der Waals surface area contributed by atoms with Crippen molar-refractivity contribution >= 4 is 29.4 Å². The Labute approximate surface area is 284 Å². The summed E-state index contributed by atoms with van der Waals surface area (Å²) in [5, 5.41) is 22.3. The van der Waals surface area contributed by atoms with Crippen molar-refractivity contribution in [2.75, 3.05) is 39.4 Å². The third-order valence-electron chi connectivity index (χ3n) is 9.08. The highest BCUT2D eigenvalue weighted by Crippen LogP contribution is 2.26. The Morgan fingerprint density at radius 2 is 1.06 bits per heavy atom. The average molecular weight is 707 g/mol. The van der Waals surface area contributed by atoms with Gasteiger partial charge in [-0.05, 0) is 98.8 Å². The van der Waals surface area contributed by atoms with E-state index in [1.54, 1.807) is 0 Å². The molecule has 11 N–H and O–H groups in total. The molecule has 2 saturated heterocycles. The van der Waals surface area contributed by atoms with Crippen LogP contribution in [-0.4, -0.2) is 107 Å². The van der Waals surface area contributed by atoms with Crippen molar-refractivity contribution in [1.29, 1.82) is 0 Å². The van der Waals surface area contributed by atoms with Crippen molar-refractivity contribution in [1.82, 2.24) is 19.8 Å². The van der Waals surface area contributed by atoms with Crippen LogP contribution in [0, 0.1) is 13.8 Å². The number of pyridine rings is 2. The molecule has 49 heavy (non-hydrogen) atoms. The van der Waals surface area contributed by atoms with E-state index in [9.17, 15) is 19.8 Å². The molecule has 0 amide bonds. The molecule has 14 nitrogen and oxygen atoms in total. The fourth-order valence-corrected chi connectivity index (χ4v) is 6.58. The van der Waals surface area contributed by atoms with Gasteiger partial charge in [0, 0.05) is 60.2 Å². The highest BCUT2D eigenvalue weighted by Gasteiger charge is 2.24. The van der Waals surface area contributed by atoms with Gasteiger partial charge in [-0.25, -0.2) is 4.57 Å². The Bertz CT molecular complexity index is 1680. The molecule has 2 aliphatic heterocycles. The maximum Gasteiger partial charge on any atom is 0.466 e. The van der Waals surface area contributed by atoms with E-state index < -0.39 is 7.82 Å². The smallest absolute Gasteiger partial charge is 0.412 e. The number of fused-ring (bicyclic) bond motifs is 2. The van der Waals surface area contributed by atoms with Gasteiger partial charge in [0.05, 0.1) is 13.2 Å². The lowest BCUT2D eigenvalue weighted by molar-refractivity contribution is 0.160. The lowest BCUT2D eigenvalue weighted by Gasteiger charge is -2.22. The minimum atomic E-state index is -4.64. The van der Waals surface area contributed by atoms with Gasteiger partial charge in [0.25, 0.3) is 11.1 Å². The van der Waals surface area contributed by atoms with E-state index in [-0.39, 0.29) is 35.3 Å². The Morgan fingerprint density at radius 3 is 1.41 bits per heavy atom. The van der Waals surface area contributed by atoms with Crippen LogP contribution in [0.2, 0.25) is 0 Å². The van der Waals surface area contributed by atoms with Crippen molar-refractivity contribution in [2.24, 2.45) is 0 Å². The molecule has 4 aromatic rings. The van der Waals surface area contributed by atoms with Gasteiger partial charge in [0.2, 0.25) is 0 Å². The summed E-state index contributed by atoms with van der Waals surface area (Å²) < 4.78 is 8.88. The minimum absolute atomic E-state index is 0. The number of aryl methyl sites for hydroxylation is 2. The van der Waals surface area contributed by atoms with Gasteiger partial charge in [-0.3, -0.25) is 19.4 Å². The molecule has 6 rings (SSSR count). The van der Waals surface area contributed by atoms with Crippen molar-refractivity contribution in [3.63, 3.8) is 0 Å². The molecule has 0 spiro atoms. The average Bonchev–Trinajstić information content (AvgIpc) is 3.68. The first-order chi connectivity index (χ1) is 22.4. The maximum atomic E-state index is 12.2. The molecule has 2 aromatic carbocycles. The van der Waals surface area contributed by atoms with Gasteiger partial charge in [-0.2, -0.15) is 0 Å². The summed E-state index contributed by atoms with van der Waals surface area (Å²) in [5.74, 6) is 0. The summed E-state index contributed by atoms with van der Waals surface area (Å²) in [6.07, 6.45) is 6.08. The predicted octanol–water partition coefficient (Wildman–Crippen LogP) is 1.09. The van der Waals surface area contributed by atoms with Crippen LogP contribution in [0.3, 0.4) is 0 Å². The van der Waals surface area contributed by atoms with Crippen LogP contribution >= 0.6 is 7.82 Å².